The summed E-state index contributed by atoms with van der Waals surface area (Å²) in [5.41, 5.74) is 5.14. The van der Waals surface area contributed by atoms with Crippen LogP contribution in [0.2, 0.25) is 0 Å². The van der Waals surface area contributed by atoms with Crippen molar-refractivity contribution in [2.75, 3.05) is 17.7 Å². The minimum Gasteiger partial charge on any atom is -0.394 e. The number of rotatable bonds is 3. The molecule has 1 aliphatic carbocycles. The second kappa shape index (κ2) is 2.34. The lowest BCUT2D eigenvalue weighted by Crippen LogP contribution is -2.26. The summed E-state index contributed by atoms with van der Waals surface area (Å²) in [6, 6.07) is 0. The summed E-state index contributed by atoms with van der Waals surface area (Å²) >= 11 is 0. The normalized spacial score (nSPS) is 19.1. The van der Waals surface area contributed by atoms with Crippen LogP contribution < -0.4 is 11.1 Å². The molecule has 66 valence electrons. The van der Waals surface area contributed by atoms with E-state index in [-0.39, 0.29) is 18.1 Å². The Hall–Kier alpha value is -1.30. The van der Waals surface area contributed by atoms with Gasteiger partial charge in [-0.05, 0) is 12.8 Å². The Morgan fingerprint density at radius 2 is 2.42 bits per heavy atom. The summed E-state index contributed by atoms with van der Waals surface area (Å²) in [6.45, 7) is 0.113. The maximum absolute atomic E-state index is 8.97. The number of hydrogen-bond acceptors (Lipinski definition) is 5. The van der Waals surface area contributed by atoms with E-state index in [4.69, 9.17) is 10.8 Å². The van der Waals surface area contributed by atoms with E-state index in [0.717, 1.165) is 12.8 Å². The number of aliphatic hydroxyl groups excluding tert-OH is 1. The van der Waals surface area contributed by atoms with Crippen molar-refractivity contribution in [2.45, 2.75) is 18.4 Å². The van der Waals surface area contributed by atoms with Crippen LogP contribution in [0, 0.1) is 0 Å². The predicted octanol–water partition coefficient (Wildman–Crippen LogP) is -0.676. The van der Waals surface area contributed by atoms with Crippen molar-refractivity contribution in [2.24, 2.45) is 0 Å². The van der Waals surface area contributed by atoms with Crippen molar-refractivity contribution in [3.8, 4) is 0 Å². The van der Waals surface area contributed by atoms with E-state index in [0.29, 0.717) is 5.95 Å². The number of nitrogen functional groups attached to an aromatic ring is 1. The average Bonchev–Trinajstić information content (AvgIpc) is 2.71. The molecule has 0 bridgehead atoms. The highest BCUT2D eigenvalue weighted by atomic mass is 16.3. The van der Waals surface area contributed by atoms with Gasteiger partial charge in [0.05, 0.1) is 12.1 Å². The fourth-order valence-electron chi connectivity index (χ4n) is 1.04. The fraction of sp³-hybridized carbons (Fsp3) is 0.667. The number of aromatic amines is 1. The van der Waals surface area contributed by atoms with Crippen molar-refractivity contribution in [3.63, 3.8) is 0 Å². The van der Waals surface area contributed by atoms with Gasteiger partial charge in [-0.1, -0.05) is 0 Å². The molecule has 0 saturated heterocycles. The van der Waals surface area contributed by atoms with Gasteiger partial charge in [0.2, 0.25) is 11.9 Å². The number of nitrogens with one attached hydrogen (secondary N) is 2. The van der Waals surface area contributed by atoms with Crippen LogP contribution in [0.4, 0.5) is 11.9 Å². The van der Waals surface area contributed by atoms with E-state index >= 15 is 0 Å². The van der Waals surface area contributed by atoms with Crippen molar-refractivity contribution in [1.29, 1.82) is 0 Å². The molecule has 1 fully saturated rings. The number of nitrogens with two attached hydrogens (primary N) is 1. The van der Waals surface area contributed by atoms with Gasteiger partial charge in [-0.25, -0.2) is 5.10 Å². The molecule has 2 rings (SSSR count). The van der Waals surface area contributed by atoms with Gasteiger partial charge in [0, 0.05) is 0 Å². The number of H-pyrrole nitrogens is 1. The molecular weight excluding hydrogens is 158 g/mol. The molecule has 1 aliphatic rings. The number of nitrogens with zero attached hydrogens (tertiary/aromatic N) is 2. The highest BCUT2D eigenvalue weighted by Crippen LogP contribution is 2.37. The predicted molar refractivity (Wildman–Crippen MR) is 43.5 cm³/mol. The first-order chi connectivity index (χ1) is 5.74. The van der Waals surface area contributed by atoms with Crippen LogP contribution in [0.3, 0.4) is 0 Å². The van der Waals surface area contributed by atoms with Gasteiger partial charge < -0.3 is 16.2 Å². The van der Waals surface area contributed by atoms with E-state index < -0.39 is 0 Å². The summed E-state index contributed by atoms with van der Waals surface area (Å²) in [5, 5.41) is 18.3. The van der Waals surface area contributed by atoms with Crippen LogP contribution in [0.25, 0.3) is 0 Å². The zero-order valence-corrected chi connectivity index (χ0v) is 6.54. The summed E-state index contributed by atoms with van der Waals surface area (Å²) < 4.78 is 0. The van der Waals surface area contributed by atoms with Gasteiger partial charge in [0.25, 0.3) is 0 Å². The van der Waals surface area contributed by atoms with E-state index in [9.17, 15) is 0 Å². The molecule has 1 heterocycles. The molecule has 6 heteroatoms. The van der Waals surface area contributed by atoms with Crippen molar-refractivity contribution in [1.82, 2.24) is 15.2 Å². The number of hydrogen-bond donors (Lipinski definition) is 4. The van der Waals surface area contributed by atoms with Gasteiger partial charge in [-0.2, -0.15) is 4.98 Å². The Kier molecular flexibility index (Phi) is 1.44. The minimum absolute atomic E-state index is 0.113. The molecule has 12 heavy (non-hydrogen) atoms. The van der Waals surface area contributed by atoms with Crippen LogP contribution in [0.5, 0.6) is 0 Å². The van der Waals surface area contributed by atoms with Gasteiger partial charge in [0.15, 0.2) is 0 Å². The molecule has 1 aromatic rings. The minimum atomic E-state index is -0.186. The van der Waals surface area contributed by atoms with Crippen molar-refractivity contribution >= 4 is 11.9 Å². The second-order valence-corrected chi connectivity index (χ2v) is 3.11. The first kappa shape index (κ1) is 7.35. The Labute approximate surface area is 69.2 Å². The monoisotopic (exact) mass is 169 g/mol. The molecule has 0 aromatic carbocycles. The third-order valence-electron chi connectivity index (χ3n) is 2.04. The van der Waals surface area contributed by atoms with Gasteiger partial charge in [-0.3, -0.25) is 0 Å². The van der Waals surface area contributed by atoms with Gasteiger partial charge in [0.1, 0.15) is 0 Å². The lowest BCUT2D eigenvalue weighted by molar-refractivity contribution is 0.265. The van der Waals surface area contributed by atoms with E-state index in [1.807, 2.05) is 0 Å². The quantitative estimate of drug-likeness (QED) is 0.480. The molecule has 6 nitrogen and oxygen atoms in total. The third-order valence-corrected chi connectivity index (χ3v) is 2.04. The van der Waals surface area contributed by atoms with Crippen LogP contribution in [-0.2, 0) is 0 Å². The molecule has 0 spiro atoms. The first-order valence-electron chi connectivity index (χ1n) is 3.81. The Morgan fingerprint density at radius 3 is 2.83 bits per heavy atom. The fourth-order valence-corrected chi connectivity index (χ4v) is 1.04. The molecule has 0 atom stereocenters. The highest BCUT2D eigenvalue weighted by molar-refractivity contribution is 5.36. The first-order valence-corrected chi connectivity index (χ1v) is 3.81. The maximum atomic E-state index is 8.97. The Balaban J connectivity index is 2.04. The van der Waals surface area contributed by atoms with E-state index in [1.54, 1.807) is 0 Å². The van der Waals surface area contributed by atoms with Crippen LogP contribution in [-0.4, -0.2) is 32.4 Å². The number of aliphatic hydroxyl groups is 1. The molecular formula is C6H11N5O. The van der Waals surface area contributed by atoms with Gasteiger partial charge in [-0.15, -0.1) is 5.10 Å². The molecule has 1 saturated carbocycles. The second-order valence-electron chi connectivity index (χ2n) is 3.11. The average molecular weight is 169 g/mol. The lowest BCUT2D eigenvalue weighted by atomic mass is 10.3. The smallest absolute Gasteiger partial charge is 0.244 e. The highest BCUT2D eigenvalue weighted by Gasteiger charge is 2.42. The molecule has 0 aliphatic heterocycles. The van der Waals surface area contributed by atoms with Crippen molar-refractivity contribution < 1.29 is 5.11 Å². The topological polar surface area (TPSA) is 99.8 Å². The summed E-state index contributed by atoms with van der Waals surface area (Å²) in [7, 11) is 0. The summed E-state index contributed by atoms with van der Waals surface area (Å²) in [5.74, 6) is 0.741. The molecule has 5 N–H and O–H groups in total. The molecule has 0 radical (unpaired) electrons. The molecule has 0 unspecified atom stereocenters. The van der Waals surface area contributed by atoms with E-state index in [2.05, 4.69) is 20.5 Å². The zero-order valence-electron chi connectivity index (χ0n) is 6.54. The lowest BCUT2D eigenvalue weighted by Gasteiger charge is -2.11. The molecule has 1 aromatic heterocycles. The van der Waals surface area contributed by atoms with Crippen LogP contribution in [0.15, 0.2) is 0 Å². The summed E-state index contributed by atoms with van der Waals surface area (Å²) in [4.78, 5) is 3.87. The third kappa shape index (κ3) is 1.20. The van der Waals surface area contributed by atoms with E-state index in [1.165, 1.54) is 0 Å². The maximum Gasteiger partial charge on any atom is 0.244 e. The van der Waals surface area contributed by atoms with Crippen LogP contribution in [0.1, 0.15) is 12.8 Å². The van der Waals surface area contributed by atoms with Crippen LogP contribution >= 0.6 is 0 Å². The largest absolute Gasteiger partial charge is 0.394 e. The number of anilines is 2. The Bertz CT molecular complexity index is 279. The standard InChI is InChI=1S/C6H11N5O/c7-4-8-5(11-10-4)9-6(3-12)1-2-6/h12H,1-3H2,(H4,7,8,9,10,11). The molecule has 0 amide bonds. The Morgan fingerprint density at radius 1 is 1.67 bits per heavy atom. The summed E-state index contributed by atoms with van der Waals surface area (Å²) in [6.07, 6.45) is 1.91. The van der Waals surface area contributed by atoms with Gasteiger partial charge >= 0.3 is 0 Å². The van der Waals surface area contributed by atoms with Crippen molar-refractivity contribution in [3.05, 3.63) is 0 Å². The SMILES string of the molecule is Nc1nc(NC2(CO)CC2)n[nH]1. The zero-order chi connectivity index (χ0) is 8.60. The number of aromatic nitrogens is 3.